The van der Waals surface area contributed by atoms with E-state index in [-0.39, 0.29) is 5.69 Å². The molecule has 0 bridgehead atoms. The Kier molecular flexibility index (Phi) is 1.53. The van der Waals surface area contributed by atoms with Gasteiger partial charge in [0.15, 0.2) is 6.29 Å². The van der Waals surface area contributed by atoms with Crippen molar-refractivity contribution in [1.82, 2.24) is 14.4 Å². The highest BCUT2D eigenvalue weighted by atomic mass is 16.1. The highest BCUT2D eigenvalue weighted by Gasteiger charge is 2.01. The number of hydrogen-bond donors (Lipinski definition) is 0. The van der Waals surface area contributed by atoms with Gasteiger partial charge in [0.25, 0.3) is 0 Å². The van der Waals surface area contributed by atoms with Crippen molar-refractivity contribution in [2.24, 2.45) is 0 Å². The van der Waals surface area contributed by atoms with Gasteiger partial charge in [-0.05, 0) is 6.07 Å². The molecule has 62 valence electrons. The van der Waals surface area contributed by atoms with Gasteiger partial charge in [0.05, 0.1) is 0 Å². The second-order valence-corrected chi connectivity index (χ2v) is 2.42. The average molecular weight is 172 g/mol. The molecule has 0 radical (unpaired) electrons. The first-order valence-corrected chi connectivity index (χ1v) is 3.54. The predicted octanol–water partition coefficient (Wildman–Crippen LogP) is 0.413. The van der Waals surface area contributed by atoms with E-state index in [0.717, 1.165) is 0 Å². The van der Waals surface area contributed by atoms with Gasteiger partial charge in [0.2, 0.25) is 5.78 Å². The summed E-state index contributed by atoms with van der Waals surface area (Å²) >= 11 is 0. The lowest BCUT2D eigenvalue weighted by Crippen LogP contribution is -1.89. The van der Waals surface area contributed by atoms with E-state index in [1.165, 1.54) is 0 Å². The first-order valence-electron chi connectivity index (χ1n) is 3.54. The van der Waals surface area contributed by atoms with Gasteiger partial charge >= 0.3 is 0 Å². The SMILES string of the molecule is N#Cc1ccn2cc(C=O)nc2n1. The number of hydrogen-bond acceptors (Lipinski definition) is 4. The molecular weight excluding hydrogens is 168 g/mol. The molecule has 0 aromatic carbocycles. The van der Waals surface area contributed by atoms with Crippen molar-refractivity contribution in [3.05, 3.63) is 29.8 Å². The first kappa shape index (κ1) is 7.43. The van der Waals surface area contributed by atoms with Gasteiger partial charge in [-0.3, -0.25) is 9.20 Å². The monoisotopic (exact) mass is 172 g/mol. The van der Waals surface area contributed by atoms with Crippen LogP contribution in [0.5, 0.6) is 0 Å². The fraction of sp³-hybridized carbons (Fsp3) is 0. The maximum absolute atomic E-state index is 10.4. The molecular formula is C8H4N4O. The van der Waals surface area contributed by atoms with Crippen molar-refractivity contribution in [3.63, 3.8) is 0 Å². The van der Waals surface area contributed by atoms with Gasteiger partial charge in [-0.1, -0.05) is 0 Å². The van der Waals surface area contributed by atoms with Gasteiger partial charge < -0.3 is 0 Å². The molecule has 5 heteroatoms. The van der Waals surface area contributed by atoms with Crippen LogP contribution in [-0.2, 0) is 0 Å². The van der Waals surface area contributed by atoms with Gasteiger partial charge in [-0.25, -0.2) is 9.97 Å². The molecule has 0 N–H and O–H groups in total. The molecule has 0 spiro atoms. The van der Waals surface area contributed by atoms with Crippen molar-refractivity contribution in [2.45, 2.75) is 0 Å². The Hall–Kier alpha value is -2.22. The van der Waals surface area contributed by atoms with E-state index in [9.17, 15) is 4.79 Å². The van der Waals surface area contributed by atoms with Crippen LogP contribution in [0, 0.1) is 11.3 Å². The first-order chi connectivity index (χ1) is 6.33. The lowest BCUT2D eigenvalue weighted by Gasteiger charge is -1.89. The Morgan fingerprint density at radius 2 is 2.38 bits per heavy atom. The van der Waals surface area contributed by atoms with Crippen molar-refractivity contribution in [3.8, 4) is 6.07 Å². The second-order valence-electron chi connectivity index (χ2n) is 2.42. The summed E-state index contributed by atoms with van der Waals surface area (Å²) < 4.78 is 1.59. The summed E-state index contributed by atoms with van der Waals surface area (Å²) in [4.78, 5) is 18.1. The molecule has 0 saturated carbocycles. The second kappa shape index (κ2) is 2.68. The van der Waals surface area contributed by atoms with Crippen molar-refractivity contribution >= 4 is 12.1 Å². The molecule has 0 aliphatic heterocycles. The standard InChI is InChI=1S/C8H4N4O/c9-3-6-1-2-12-4-7(5-13)11-8(12)10-6/h1-2,4-5H. The van der Waals surface area contributed by atoms with Gasteiger partial charge in [-0.15, -0.1) is 0 Å². The fourth-order valence-corrected chi connectivity index (χ4v) is 1.01. The van der Waals surface area contributed by atoms with Crippen LogP contribution in [-0.4, -0.2) is 20.7 Å². The summed E-state index contributed by atoms with van der Waals surface area (Å²) in [6.45, 7) is 0. The summed E-state index contributed by atoms with van der Waals surface area (Å²) in [5.74, 6) is 0.362. The highest BCUT2D eigenvalue weighted by Crippen LogP contribution is 2.01. The summed E-state index contributed by atoms with van der Waals surface area (Å²) in [6, 6.07) is 3.45. The summed E-state index contributed by atoms with van der Waals surface area (Å²) in [6.07, 6.45) is 3.83. The Morgan fingerprint density at radius 3 is 3.08 bits per heavy atom. The lowest BCUT2D eigenvalue weighted by molar-refractivity contribution is 0.111. The third-order valence-electron chi connectivity index (χ3n) is 1.58. The molecule has 0 aliphatic rings. The van der Waals surface area contributed by atoms with E-state index in [2.05, 4.69) is 9.97 Å². The van der Waals surface area contributed by atoms with Crippen LogP contribution in [0.4, 0.5) is 0 Å². The number of aromatic nitrogens is 3. The molecule has 5 nitrogen and oxygen atoms in total. The zero-order valence-electron chi connectivity index (χ0n) is 6.51. The fourth-order valence-electron chi connectivity index (χ4n) is 1.01. The predicted molar refractivity (Wildman–Crippen MR) is 43.1 cm³/mol. The van der Waals surface area contributed by atoms with Crippen LogP contribution < -0.4 is 0 Å². The smallest absolute Gasteiger partial charge is 0.235 e. The van der Waals surface area contributed by atoms with Crippen LogP contribution in [0.15, 0.2) is 18.5 Å². The minimum Gasteiger partial charge on any atom is -0.296 e. The van der Waals surface area contributed by atoms with Crippen molar-refractivity contribution in [1.29, 1.82) is 5.26 Å². The van der Waals surface area contributed by atoms with Crippen LogP contribution in [0.2, 0.25) is 0 Å². The van der Waals surface area contributed by atoms with Crippen molar-refractivity contribution in [2.75, 3.05) is 0 Å². The van der Waals surface area contributed by atoms with Crippen LogP contribution in [0.25, 0.3) is 5.78 Å². The van der Waals surface area contributed by atoms with Crippen LogP contribution >= 0.6 is 0 Å². The topological polar surface area (TPSA) is 71.0 Å². The number of carbonyl (C=O) groups excluding carboxylic acids is 1. The molecule has 2 aromatic heterocycles. The summed E-state index contributed by atoms with van der Waals surface area (Å²) in [5.41, 5.74) is 0.595. The van der Waals surface area contributed by atoms with Gasteiger partial charge in [-0.2, -0.15) is 5.26 Å². The number of carbonyl (C=O) groups is 1. The number of fused-ring (bicyclic) bond motifs is 1. The number of aldehydes is 1. The third kappa shape index (κ3) is 1.14. The summed E-state index contributed by atoms with van der Waals surface area (Å²) in [5, 5.41) is 8.54. The zero-order chi connectivity index (χ0) is 9.26. The minimum absolute atomic E-state index is 0.288. The van der Waals surface area contributed by atoms with E-state index in [1.807, 2.05) is 6.07 Å². The van der Waals surface area contributed by atoms with E-state index in [4.69, 9.17) is 5.26 Å². The molecule has 2 heterocycles. The number of nitrogens with zero attached hydrogens (tertiary/aromatic N) is 4. The molecule has 0 saturated heterocycles. The molecule has 13 heavy (non-hydrogen) atoms. The quantitative estimate of drug-likeness (QED) is 0.584. The maximum Gasteiger partial charge on any atom is 0.235 e. The molecule has 0 fully saturated rings. The molecule has 0 aliphatic carbocycles. The number of rotatable bonds is 1. The van der Waals surface area contributed by atoms with Crippen molar-refractivity contribution < 1.29 is 4.79 Å². The Morgan fingerprint density at radius 1 is 1.54 bits per heavy atom. The maximum atomic E-state index is 10.4. The molecule has 0 unspecified atom stereocenters. The zero-order valence-corrected chi connectivity index (χ0v) is 6.51. The molecule has 2 rings (SSSR count). The molecule has 0 amide bonds. The van der Waals surface area contributed by atoms with Crippen LogP contribution in [0.3, 0.4) is 0 Å². The van der Waals surface area contributed by atoms with Gasteiger partial charge in [0.1, 0.15) is 17.5 Å². The van der Waals surface area contributed by atoms with Gasteiger partial charge in [0, 0.05) is 12.4 Å². The molecule has 0 atom stereocenters. The third-order valence-corrected chi connectivity index (χ3v) is 1.58. The largest absolute Gasteiger partial charge is 0.296 e. The van der Waals surface area contributed by atoms with E-state index in [0.29, 0.717) is 17.8 Å². The summed E-state index contributed by atoms with van der Waals surface area (Å²) in [7, 11) is 0. The Labute approximate surface area is 73.3 Å². The van der Waals surface area contributed by atoms with E-state index >= 15 is 0 Å². The lowest BCUT2D eigenvalue weighted by atomic mass is 10.4. The highest BCUT2D eigenvalue weighted by molar-refractivity contribution is 5.72. The Balaban J connectivity index is 2.72. The number of nitriles is 1. The average Bonchev–Trinajstić information content (AvgIpc) is 2.58. The van der Waals surface area contributed by atoms with E-state index in [1.54, 1.807) is 22.9 Å². The normalized spacial score (nSPS) is 9.77. The minimum atomic E-state index is 0.288. The van der Waals surface area contributed by atoms with Crippen LogP contribution in [0.1, 0.15) is 16.2 Å². The van der Waals surface area contributed by atoms with E-state index < -0.39 is 0 Å². The molecule has 2 aromatic rings. The number of imidazole rings is 1. The Bertz CT molecular complexity index is 508.